The van der Waals surface area contributed by atoms with Gasteiger partial charge in [-0.15, -0.1) is 11.3 Å². The SMILES string of the molecule is O=C(Nc1ccc(C(=O)O)cc1)Nc1ccc2ncsc2c1. The van der Waals surface area contributed by atoms with Gasteiger partial charge in [-0.2, -0.15) is 0 Å². The summed E-state index contributed by atoms with van der Waals surface area (Å²) in [4.78, 5) is 26.9. The summed E-state index contributed by atoms with van der Waals surface area (Å²) in [5.74, 6) is -1.01. The number of carboxylic acid groups (broad SMARTS) is 1. The van der Waals surface area contributed by atoms with Gasteiger partial charge in [-0.05, 0) is 42.5 Å². The largest absolute Gasteiger partial charge is 0.478 e. The molecule has 3 rings (SSSR count). The van der Waals surface area contributed by atoms with Crippen LogP contribution in [0.15, 0.2) is 48.0 Å². The van der Waals surface area contributed by atoms with Crippen LogP contribution in [0.25, 0.3) is 10.2 Å². The number of aromatic nitrogens is 1. The highest BCUT2D eigenvalue weighted by Crippen LogP contribution is 2.22. The average Bonchev–Trinajstić information content (AvgIpc) is 2.95. The zero-order valence-electron chi connectivity index (χ0n) is 11.2. The lowest BCUT2D eigenvalue weighted by Gasteiger charge is -2.08. The quantitative estimate of drug-likeness (QED) is 0.688. The van der Waals surface area contributed by atoms with Crippen LogP contribution in [0.1, 0.15) is 10.4 Å². The molecule has 110 valence electrons. The van der Waals surface area contributed by atoms with Gasteiger partial charge in [0.05, 0.1) is 21.3 Å². The normalized spacial score (nSPS) is 10.4. The fourth-order valence-electron chi connectivity index (χ4n) is 1.92. The molecule has 22 heavy (non-hydrogen) atoms. The first kappa shape index (κ1) is 14.0. The maximum atomic E-state index is 11.9. The molecule has 1 aromatic heterocycles. The molecule has 6 nitrogen and oxygen atoms in total. The highest BCUT2D eigenvalue weighted by Gasteiger charge is 2.06. The molecule has 0 bridgehead atoms. The number of carboxylic acids is 1. The van der Waals surface area contributed by atoms with Gasteiger partial charge in [-0.3, -0.25) is 0 Å². The van der Waals surface area contributed by atoms with E-state index in [0.717, 1.165) is 10.2 Å². The molecule has 2 amide bonds. The van der Waals surface area contributed by atoms with Crippen molar-refractivity contribution >= 4 is 44.9 Å². The van der Waals surface area contributed by atoms with Gasteiger partial charge in [0, 0.05) is 11.4 Å². The molecule has 0 unspecified atom stereocenters. The second kappa shape index (κ2) is 5.82. The molecule has 0 saturated heterocycles. The average molecular weight is 313 g/mol. The maximum absolute atomic E-state index is 11.9. The van der Waals surface area contributed by atoms with Crippen molar-refractivity contribution < 1.29 is 14.7 Å². The highest BCUT2D eigenvalue weighted by molar-refractivity contribution is 7.16. The van der Waals surface area contributed by atoms with Crippen molar-refractivity contribution in [3.63, 3.8) is 0 Å². The van der Waals surface area contributed by atoms with Gasteiger partial charge in [0.25, 0.3) is 0 Å². The van der Waals surface area contributed by atoms with Gasteiger partial charge in [0.1, 0.15) is 0 Å². The molecule has 0 saturated carbocycles. The number of rotatable bonds is 3. The molecule has 0 fully saturated rings. The smallest absolute Gasteiger partial charge is 0.335 e. The van der Waals surface area contributed by atoms with Crippen LogP contribution in [0.4, 0.5) is 16.2 Å². The number of carbonyl (C=O) groups is 2. The fraction of sp³-hybridized carbons (Fsp3) is 0. The van der Waals surface area contributed by atoms with E-state index in [1.807, 2.05) is 12.1 Å². The number of aromatic carboxylic acids is 1. The van der Waals surface area contributed by atoms with Gasteiger partial charge < -0.3 is 15.7 Å². The Kier molecular flexibility index (Phi) is 3.71. The van der Waals surface area contributed by atoms with E-state index in [2.05, 4.69) is 15.6 Å². The number of carbonyl (C=O) groups excluding carboxylic acids is 1. The maximum Gasteiger partial charge on any atom is 0.335 e. The van der Waals surface area contributed by atoms with Crippen LogP contribution in [0.2, 0.25) is 0 Å². The lowest BCUT2D eigenvalue weighted by Crippen LogP contribution is -2.19. The standard InChI is InChI=1S/C15H11N3O3S/c19-14(20)9-1-3-10(4-2-9)17-15(21)18-11-5-6-12-13(7-11)22-8-16-12/h1-8H,(H,19,20)(H2,17,18,21). The van der Waals surface area contributed by atoms with Crippen LogP contribution in [-0.4, -0.2) is 22.1 Å². The summed E-state index contributed by atoms with van der Waals surface area (Å²) in [7, 11) is 0. The third kappa shape index (κ3) is 3.04. The van der Waals surface area contributed by atoms with E-state index in [1.54, 1.807) is 11.6 Å². The highest BCUT2D eigenvalue weighted by atomic mass is 32.1. The first-order chi connectivity index (χ1) is 10.6. The number of nitrogens with zero attached hydrogens (tertiary/aromatic N) is 1. The molecule has 3 aromatic rings. The van der Waals surface area contributed by atoms with Crippen LogP contribution in [0.3, 0.4) is 0 Å². The molecule has 0 aliphatic rings. The van der Waals surface area contributed by atoms with E-state index >= 15 is 0 Å². The first-order valence-electron chi connectivity index (χ1n) is 6.36. The Balaban J connectivity index is 1.67. The van der Waals surface area contributed by atoms with E-state index < -0.39 is 12.0 Å². The summed E-state index contributed by atoms with van der Waals surface area (Å²) >= 11 is 1.50. The Hall–Kier alpha value is -2.93. The molecule has 0 aliphatic carbocycles. The van der Waals surface area contributed by atoms with Gasteiger partial charge in [0.2, 0.25) is 0 Å². The number of benzene rings is 2. The van der Waals surface area contributed by atoms with Crippen LogP contribution in [-0.2, 0) is 0 Å². The summed E-state index contributed by atoms with van der Waals surface area (Å²) in [5, 5.41) is 14.2. The summed E-state index contributed by atoms with van der Waals surface area (Å²) < 4.78 is 0.989. The zero-order chi connectivity index (χ0) is 15.5. The van der Waals surface area contributed by atoms with Crippen molar-refractivity contribution in [1.82, 2.24) is 4.98 Å². The molecular formula is C15H11N3O3S. The lowest BCUT2D eigenvalue weighted by molar-refractivity contribution is 0.0697. The third-order valence-electron chi connectivity index (χ3n) is 2.98. The van der Waals surface area contributed by atoms with Crippen LogP contribution >= 0.6 is 11.3 Å². The molecule has 0 spiro atoms. The monoisotopic (exact) mass is 313 g/mol. The van der Waals surface area contributed by atoms with E-state index in [-0.39, 0.29) is 5.56 Å². The Labute approximate surface area is 129 Å². The number of urea groups is 1. The van der Waals surface area contributed by atoms with E-state index in [0.29, 0.717) is 11.4 Å². The number of thiazole rings is 1. The van der Waals surface area contributed by atoms with Crippen LogP contribution in [0, 0.1) is 0 Å². The Morgan fingerprint density at radius 1 is 1.00 bits per heavy atom. The molecule has 0 atom stereocenters. The summed E-state index contributed by atoms with van der Waals surface area (Å²) in [6.07, 6.45) is 0. The molecule has 0 radical (unpaired) electrons. The number of amides is 2. The Bertz CT molecular complexity index is 843. The zero-order valence-corrected chi connectivity index (χ0v) is 12.1. The van der Waals surface area contributed by atoms with Gasteiger partial charge in [-0.25, -0.2) is 14.6 Å². The lowest BCUT2D eigenvalue weighted by atomic mass is 10.2. The van der Waals surface area contributed by atoms with Crippen molar-refractivity contribution in [2.75, 3.05) is 10.6 Å². The van der Waals surface area contributed by atoms with Crippen LogP contribution in [0.5, 0.6) is 0 Å². The Morgan fingerprint density at radius 3 is 2.41 bits per heavy atom. The van der Waals surface area contributed by atoms with Crippen molar-refractivity contribution in [2.24, 2.45) is 0 Å². The molecular weight excluding hydrogens is 302 g/mol. The van der Waals surface area contributed by atoms with Gasteiger partial charge in [0.15, 0.2) is 0 Å². The minimum absolute atomic E-state index is 0.168. The molecule has 3 N–H and O–H groups in total. The van der Waals surface area contributed by atoms with E-state index in [4.69, 9.17) is 5.11 Å². The minimum Gasteiger partial charge on any atom is -0.478 e. The molecule has 1 heterocycles. The van der Waals surface area contributed by atoms with Gasteiger partial charge in [-0.1, -0.05) is 0 Å². The first-order valence-corrected chi connectivity index (χ1v) is 7.24. The van der Waals surface area contributed by atoms with Crippen molar-refractivity contribution in [3.05, 3.63) is 53.5 Å². The van der Waals surface area contributed by atoms with E-state index in [1.165, 1.54) is 35.6 Å². The number of hydrogen-bond donors (Lipinski definition) is 3. The van der Waals surface area contributed by atoms with Crippen molar-refractivity contribution in [3.8, 4) is 0 Å². The number of anilines is 2. The van der Waals surface area contributed by atoms with E-state index in [9.17, 15) is 9.59 Å². The predicted molar refractivity (Wildman–Crippen MR) is 85.7 cm³/mol. The predicted octanol–water partition coefficient (Wildman–Crippen LogP) is 3.64. The number of hydrogen-bond acceptors (Lipinski definition) is 4. The second-order valence-electron chi connectivity index (χ2n) is 4.50. The fourth-order valence-corrected chi connectivity index (χ4v) is 2.64. The number of fused-ring (bicyclic) bond motifs is 1. The molecule has 2 aromatic carbocycles. The Morgan fingerprint density at radius 2 is 1.68 bits per heavy atom. The third-order valence-corrected chi connectivity index (χ3v) is 3.77. The summed E-state index contributed by atoms with van der Waals surface area (Å²) in [6.45, 7) is 0. The van der Waals surface area contributed by atoms with Gasteiger partial charge >= 0.3 is 12.0 Å². The second-order valence-corrected chi connectivity index (χ2v) is 5.38. The van der Waals surface area contributed by atoms with Crippen molar-refractivity contribution in [1.29, 1.82) is 0 Å². The summed E-state index contributed by atoms with van der Waals surface area (Å²) in [6, 6.07) is 11.0. The minimum atomic E-state index is -1.01. The summed E-state index contributed by atoms with van der Waals surface area (Å²) in [5.41, 5.74) is 3.98. The molecule has 0 aliphatic heterocycles. The van der Waals surface area contributed by atoms with Crippen LogP contribution < -0.4 is 10.6 Å². The number of nitrogens with one attached hydrogen (secondary N) is 2. The van der Waals surface area contributed by atoms with Crippen molar-refractivity contribution in [2.45, 2.75) is 0 Å². The topological polar surface area (TPSA) is 91.3 Å². The molecule has 7 heteroatoms.